The van der Waals surface area contributed by atoms with Crippen LogP contribution in [0.2, 0.25) is 0 Å². The maximum atomic E-state index is 12.5. The molecule has 7 heteroatoms. The van der Waals surface area contributed by atoms with Crippen LogP contribution in [0.25, 0.3) is 11.0 Å². The molecule has 0 aliphatic rings. The minimum absolute atomic E-state index is 0.0595. The Morgan fingerprint density at radius 3 is 2.46 bits per heavy atom. The maximum Gasteiger partial charge on any atom is 0.375 e. The van der Waals surface area contributed by atoms with Gasteiger partial charge in [-0.25, -0.2) is 4.79 Å². The number of hydrogen-bond acceptors (Lipinski definition) is 6. The Labute approximate surface area is 162 Å². The van der Waals surface area contributed by atoms with Crippen LogP contribution >= 0.6 is 0 Å². The molecular formula is C21H21NO6. The van der Waals surface area contributed by atoms with Crippen LogP contribution in [0.5, 0.6) is 11.5 Å². The highest BCUT2D eigenvalue weighted by Crippen LogP contribution is 2.29. The Hall–Kier alpha value is -3.48. The monoisotopic (exact) mass is 383 g/mol. The molecule has 2 aromatic carbocycles. The molecule has 1 unspecified atom stereocenters. The summed E-state index contributed by atoms with van der Waals surface area (Å²) in [6.07, 6.45) is -1.01. The number of carbonyl (C=O) groups is 2. The first kappa shape index (κ1) is 19.3. The van der Waals surface area contributed by atoms with E-state index in [2.05, 4.69) is 5.32 Å². The van der Waals surface area contributed by atoms with Gasteiger partial charge in [-0.15, -0.1) is 0 Å². The normalized spacial score (nSPS) is 11.7. The van der Waals surface area contributed by atoms with Crippen LogP contribution in [0.3, 0.4) is 0 Å². The number of furan rings is 1. The van der Waals surface area contributed by atoms with Gasteiger partial charge in [-0.05, 0) is 44.2 Å². The van der Waals surface area contributed by atoms with Gasteiger partial charge in [0, 0.05) is 22.7 Å². The molecule has 1 aromatic heterocycles. The van der Waals surface area contributed by atoms with Gasteiger partial charge in [-0.3, -0.25) is 4.79 Å². The Bertz CT molecular complexity index is 1020. The fourth-order valence-corrected chi connectivity index (χ4v) is 2.73. The SMILES string of the molecule is COc1cccc(NC(=O)C(C)OC(=O)c2oc3ccc(OC)cc3c2C)c1. The predicted molar refractivity (Wildman–Crippen MR) is 104 cm³/mol. The fourth-order valence-electron chi connectivity index (χ4n) is 2.73. The molecule has 0 saturated heterocycles. The molecule has 28 heavy (non-hydrogen) atoms. The highest BCUT2D eigenvalue weighted by molar-refractivity contribution is 5.99. The lowest BCUT2D eigenvalue weighted by molar-refractivity contribution is -0.123. The maximum absolute atomic E-state index is 12.5. The molecule has 0 bridgehead atoms. The van der Waals surface area contributed by atoms with Crippen LogP contribution in [0.4, 0.5) is 5.69 Å². The van der Waals surface area contributed by atoms with Crippen molar-refractivity contribution >= 4 is 28.5 Å². The van der Waals surface area contributed by atoms with Crippen molar-refractivity contribution in [3.63, 3.8) is 0 Å². The minimum atomic E-state index is -1.01. The minimum Gasteiger partial charge on any atom is -0.497 e. The number of anilines is 1. The van der Waals surface area contributed by atoms with E-state index in [4.69, 9.17) is 18.6 Å². The molecule has 146 valence electrons. The van der Waals surface area contributed by atoms with Gasteiger partial charge < -0.3 is 23.9 Å². The Morgan fingerprint density at radius 2 is 1.75 bits per heavy atom. The molecule has 3 rings (SSSR count). The number of esters is 1. The lowest BCUT2D eigenvalue weighted by Gasteiger charge is -2.13. The van der Waals surface area contributed by atoms with Gasteiger partial charge in [-0.1, -0.05) is 6.07 Å². The molecule has 1 amide bonds. The number of nitrogens with one attached hydrogen (secondary N) is 1. The Morgan fingerprint density at radius 1 is 1.04 bits per heavy atom. The van der Waals surface area contributed by atoms with Crippen LogP contribution in [0, 0.1) is 6.92 Å². The molecule has 0 aliphatic carbocycles. The van der Waals surface area contributed by atoms with Crippen molar-refractivity contribution in [1.29, 1.82) is 0 Å². The zero-order valence-electron chi connectivity index (χ0n) is 16.1. The van der Waals surface area contributed by atoms with Crippen LogP contribution in [-0.2, 0) is 9.53 Å². The van der Waals surface area contributed by atoms with Crippen molar-refractivity contribution in [1.82, 2.24) is 0 Å². The van der Waals surface area contributed by atoms with E-state index in [1.807, 2.05) is 0 Å². The number of methoxy groups -OCH3 is 2. The van der Waals surface area contributed by atoms with E-state index in [1.165, 1.54) is 14.0 Å². The number of benzene rings is 2. The van der Waals surface area contributed by atoms with Gasteiger partial charge in [0.05, 0.1) is 14.2 Å². The zero-order valence-corrected chi connectivity index (χ0v) is 16.1. The first-order valence-corrected chi connectivity index (χ1v) is 8.66. The van der Waals surface area contributed by atoms with E-state index < -0.39 is 18.0 Å². The number of rotatable bonds is 6. The third-order valence-electron chi connectivity index (χ3n) is 4.32. The highest BCUT2D eigenvalue weighted by atomic mass is 16.6. The lowest BCUT2D eigenvalue weighted by Crippen LogP contribution is -2.30. The molecule has 0 fully saturated rings. The molecule has 0 spiro atoms. The fraction of sp³-hybridized carbons (Fsp3) is 0.238. The van der Waals surface area contributed by atoms with Gasteiger partial charge in [0.15, 0.2) is 6.10 Å². The number of carbonyl (C=O) groups excluding carboxylic acids is 2. The summed E-state index contributed by atoms with van der Waals surface area (Å²) in [6.45, 7) is 3.25. The van der Waals surface area contributed by atoms with Crippen LogP contribution in [0.1, 0.15) is 23.0 Å². The molecule has 1 N–H and O–H groups in total. The highest BCUT2D eigenvalue weighted by Gasteiger charge is 2.24. The summed E-state index contributed by atoms with van der Waals surface area (Å²) in [4.78, 5) is 24.9. The summed E-state index contributed by atoms with van der Waals surface area (Å²) >= 11 is 0. The number of hydrogen-bond donors (Lipinski definition) is 1. The van der Waals surface area contributed by atoms with Crippen molar-refractivity contribution < 1.29 is 28.2 Å². The van der Waals surface area contributed by atoms with Crippen LogP contribution < -0.4 is 14.8 Å². The summed E-state index contributed by atoms with van der Waals surface area (Å²) in [6, 6.07) is 12.1. The molecular weight excluding hydrogens is 362 g/mol. The van der Waals surface area contributed by atoms with E-state index in [9.17, 15) is 9.59 Å². The Balaban J connectivity index is 1.72. The number of ether oxygens (including phenoxy) is 3. The molecule has 0 aliphatic heterocycles. The average Bonchev–Trinajstić information content (AvgIpc) is 3.04. The van der Waals surface area contributed by atoms with E-state index >= 15 is 0 Å². The second-order valence-electron chi connectivity index (χ2n) is 6.19. The number of fused-ring (bicyclic) bond motifs is 1. The summed E-state index contributed by atoms with van der Waals surface area (Å²) < 4.78 is 21.2. The van der Waals surface area contributed by atoms with Crippen molar-refractivity contribution in [2.45, 2.75) is 20.0 Å². The zero-order chi connectivity index (χ0) is 20.3. The summed E-state index contributed by atoms with van der Waals surface area (Å²) in [5.74, 6) is 0.153. The third kappa shape index (κ3) is 3.93. The molecule has 1 atom stereocenters. The second-order valence-corrected chi connectivity index (χ2v) is 6.19. The predicted octanol–water partition coefficient (Wildman–Crippen LogP) is 3.94. The van der Waals surface area contributed by atoms with Crippen molar-refractivity contribution in [3.8, 4) is 11.5 Å². The van der Waals surface area contributed by atoms with Gasteiger partial charge in [0.2, 0.25) is 5.76 Å². The summed E-state index contributed by atoms with van der Waals surface area (Å²) in [5.41, 5.74) is 1.71. The van der Waals surface area contributed by atoms with E-state index in [-0.39, 0.29) is 5.76 Å². The first-order chi connectivity index (χ1) is 13.4. The van der Waals surface area contributed by atoms with Gasteiger partial charge in [0.25, 0.3) is 5.91 Å². The van der Waals surface area contributed by atoms with Crippen molar-refractivity contribution in [2.75, 3.05) is 19.5 Å². The third-order valence-corrected chi connectivity index (χ3v) is 4.32. The second kappa shape index (κ2) is 8.04. The van der Waals surface area contributed by atoms with E-state index in [1.54, 1.807) is 56.5 Å². The van der Waals surface area contributed by atoms with Crippen LogP contribution in [0.15, 0.2) is 46.9 Å². The van der Waals surface area contributed by atoms with Crippen LogP contribution in [-0.4, -0.2) is 32.2 Å². The van der Waals surface area contributed by atoms with Gasteiger partial charge in [0.1, 0.15) is 17.1 Å². The summed E-state index contributed by atoms with van der Waals surface area (Å²) in [7, 11) is 3.10. The molecule has 7 nitrogen and oxygen atoms in total. The summed E-state index contributed by atoms with van der Waals surface area (Å²) in [5, 5.41) is 3.44. The van der Waals surface area contributed by atoms with Gasteiger partial charge in [-0.2, -0.15) is 0 Å². The van der Waals surface area contributed by atoms with E-state index in [0.717, 1.165) is 5.39 Å². The standard InChI is InChI=1S/C21H21NO6/c1-12-17-11-16(26-4)8-9-18(17)28-19(12)21(24)27-13(2)20(23)22-14-6-5-7-15(10-14)25-3/h5-11,13H,1-4H3,(H,22,23). The molecule has 1 heterocycles. The molecule has 3 aromatic rings. The topological polar surface area (TPSA) is 87.0 Å². The largest absolute Gasteiger partial charge is 0.497 e. The first-order valence-electron chi connectivity index (χ1n) is 8.66. The molecule has 0 saturated carbocycles. The lowest BCUT2D eigenvalue weighted by atomic mass is 10.1. The number of amides is 1. The number of aryl methyl sites for hydroxylation is 1. The smallest absolute Gasteiger partial charge is 0.375 e. The average molecular weight is 383 g/mol. The van der Waals surface area contributed by atoms with Crippen molar-refractivity contribution in [3.05, 3.63) is 53.8 Å². The van der Waals surface area contributed by atoms with Crippen molar-refractivity contribution in [2.24, 2.45) is 0 Å². The van der Waals surface area contributed by atoms with Gasteiger partial charge >= 0.3 is 5.97 Å². The Kier molecular flexibility index (Phi) is 5.54. The molecule has 0 radical (unpaired) electrons. The van der Waals surface area contributed by atoms with E-state index in [0.29, 0.717) is 28.3 Å². The quantitative estimate of drug-likeness (QED) is 0.649.